The van der Waals surface area contributed by atoms with Crippen LogP contribution in [0.15, 0.2) is 16.5 Å². The molecule has 0 amide bonds. The molecule has 1 aliphatic heterocycles. The Balaban J connectivity index is 2.05. The maximum absolute atomic E-state index is 6.20. The molecule has 0 radical (unpaired) electrons. The fraction of sp³-hybridized carbons (Fsp3) is 0.750. The van der Waals surface area contributed by atoms with Crippen molar-refractivity contribution in [2.24, 2.45) is 5.73 Å². The number of hydrogen-bond donors (Lipinski definition) is 1. The van der Waals surface area contributed by atoms with E-state index in [1.54, 1.807) is 0 Å². The van der Waals surface area contributed by atoms with Crippen molar-refractivity contribution in [1.82, 2.24) is 9.80 Å². The third kappa shape index (κ3) is 3.43. The predicted molar refractivity (Wildman–Crippen MR) is 82.7 cm³/mol. The van der Waals surface area contributed by atoms with Gasteiger partial charge in [0.2, 0.25) is 0 Å². The molecule has 114 valence electrons. The minimum absolute atomic E-state index is 0.0574. The van der Waals surface area contributed by atoms with Crippen LogP contribution < -0.4 is 5.73 Å². The van der Waals surface area contributed by atoms with Gasteiger partial charge in [-0.25, -0.2) is 0 Å². The van der Waals surface area contributed by atoms with Crippen LogP contribution in [-0.4, -0.2) is 48.6 Å². The molecule has 2 heterocycles. The van der Waals surface area contributed by atoms with Crippen LogP contribution in [0.2, 0.25) is 0 Å². The summed E-state index contributed by atoms with van der Waals surface area (Å²) in [6.45, 7) is 9.72. The summed E-state index contributed by atoms with van der Waals surface area (Å²) in [7, 11) is 2.16. The number of rotatable bonds is 6. The van der Waals surface area contributed by atoms with E-state index in [1.807, 2.05) is 13.0 Å². The van der Waals surface area contributed by atoms with Gasteiger partial charge in [0.1, 0.15) is 11.5 Å². The molecule has 4 heteroatoms. The summed E-state index contributed by atoms with van der Waals surface area (Å²) in [4.78, 5) is 4.93. The Bertz CT molecular complexity index is 416. The monoisotopic (exact) mass is 279 g/mol. The van der Waals surface area contributed by atoms with Crippen LogP contribution in [0.25, 0.3) is 0 Å². The molecular weight excluding hydrogens is 250 g/mol. The number of furan rings is 1. The van der Waals surface area contributed by atoms with Gasteiger partial charge in [0.15, 0.2) is 0 Å². The van der Waals surface area contributed by atoms with E-state index in [-0.39, 0.29) is 12.1 Å². The first-order chi connectivity index (χ1) is 9.52. The second-order valence-corrected chi connectivity index (χ2v) is 6.12. The molecule has 2 N–H and O–H groups in total. The molecule has 2 rings (SSSR count). The van der Waals surface area contributed by atoms with Gasteiger partial charge >= 0.3 is 0 Å². The molecule has 0 aromatic carbocycles. The van der Waals surface area contributed by atoms with Crippen molar-refractivity contribution >= 4 is 0 Å². The van der Waals surface area contributed by atoms with E-state index in [0.717, 1.165) is 24.6 Å². The number of likely N-dealkylation sites (tertiary alicyclic amines) is 1. The van der Waals surface area contributed by atoms with Crippen molar-refractivity contribution < 1.29 is 4.42 Å². The van der Waals surface area contributed by atoms with E-state index in [1.165, 1.54) is 19.4 Å². The van der Waals surface area contributed by atoms with Gasteiger partial charge in [0.05, 0.1) is 6.04 Å². The molecule has 0 saturated carbocycles. The molecular formula is C16H29N3O. The lowest BCUT2D eigenvalue weighted by molar-refractivity contribution is 0.137. The highest BCUT2D eigenvalue weighted by molar-refractivity contribution is 5.11. The van der Waals surface area contributed by atoms with E-state index in [2.05, 4.69) is 36.8 Å². The molecule has 3 atom stereocenters. The maximum Gasteiger partial charge on any atom is 0.122 e. The fourth-order valence-electron chi connectivity index (χ4n) is 3.45. The van der Waals surface area contributed by atoms with Crippen LogP contribution in [0.5, 0.6) is 0 Å². The highest BCUT2D eigenvalue weighted by atomic mass is 16.3. The molecule has 0 aliphatic carbocycles. The molecule has 1 aromatic heterocycles. The average molecular weight is 279 g/mol. The zero-order chi connectivity index (χ0) is 14.7. The standard InChI is InChI=1S/C16H29N3O/c1-5-19-10-6-7-14(19)11-18(4)16(13(3)17)15-9-8-12(2)20-15/h8-9,13-14,16H,5-7,10-11,17H2,1-4H3. The summed E-state index contributed by atoms with van der Waals surface area (Å²) in [6.07, 6.45) is 2.61. The Kier molecular flexibility index (Phi) is 5.24. The number of hydrogen-bond acceptors (Lipinski definition) is 4. The number of likely N-dealkylation sites (N-methyl/N-ethyl adjacent to an activating group) is 2. The summed E-state index contributed by atoms with van der Waals surface area (Å²) in [5, 5.41) is 0. The summed E-state index contributed by atoms with van der Waals surface area (Å²) in [5.74, 6) is 1.94. The van der Waals surface area contributed by atoms with Crippen LogP contribution in [0.1, 0.15) is 44.3 Å². The maximum atomic E-state index is 6.20. The first-order valence-electron chi connectivity index (χ1n) is 7.79. The van der Waals surface area contributed by atoms with Gasteiger partial charge in [0, 0.05) is 18.6 Å². The lowest BCUT2D eigenvalue weighted by atomic mass is 10.1. The van der Waals surface area contributed by atoms with Crippen LogP contribution in [0, 0.1) is 6.92 Å². The third-order valence-electron chi connectivity index (χ3n) is 4.43. The molecule has 20 heavy (non-hydrogen) atoms. The first-order valence-corrected chi connectivity index (χ1v) is 7.79. The molecule has 0 bridgehead atoms. The Morgan fingerprint density at radius 2 is 2.25 bits per heavy atom. The Hall–Kier alpha value is -0.840. The quantitative estimate of drug-likeness (QED) is 0.868. The highest BCUT2D eigenvalue weighted by Crippen LogP contribution is 2.26. The summed E-state index contributed by atoms with van der Waals surface area (Å²) in [6, 6.07) is 4.95. The van der Waals surface area contributed by atoms with Gasteiger partial charge in [-0.2, -0.15) is 0 Å². The molecule has 4 nitrogen and oxygen atoms in total. The van der Waals surface area contributed by atoms with E-state index in [4.69, 9.17) is 10.2 Å². The van der Waals surface area contributed by atoms with E-state index >= 15 is 0 Å². The molecule has 1 aromatic rings. The molecule has 1 saturated heterocycles. The topological polar surface area (TPSA) is 45.6 Å². The Labute approximate surface area is 122 Å². The van der Waals surface area contributed by atoms with Gasteiger partial charge in [-0.3, -0.25) is 9.80 Å². The second-order valence-electron chi connectivity index (χ2n) is 6.12. The van der Waals surface area contributed by atoms with E-state index in [9.17, 15) is 0 Å². The van der Waals surface area contributed by atoms with Crippen LogP contribution >= 0.6 is 0 Å². The lowest BCUT2D eigenvalue weighted by Gasteiger charge is -2.34. The zero-order valence-corrected chi connectivity index (χ0v) is 13.3. The predicted octanol–water partition coefficient (Wildman–Crippen LogP) is 2.39. The minimum Gasteiger partial charge on any atom is -0.465 e. The largest absolute Gasteiger partial charge is 0.465 e. The van der Waals surface area contributed by atoms with Gasteiger partial charge in [-0.1, -0.05) is 6.92 Å². The van der Waals surface area contributed by atoms with Crippen molar-refractivity contribution in [3.63, 3.8) is 0 Å². The molecule has 3 unspecified atom stereocenters. The van der Waals surface area contributed by atoms with E-state index in [0.29, 0.717) is 6.04 Å². The zero-order valence-electron chi connectivity index (χ0n) is 13.3. The number of aryl methyl sites for hydroxylation is 1. The second kappa shape index (κ2) is 6.74. The Morgan fingerprint density at radius 3 is 2.80 bits per heavy atom. The van der Waals surface area contributed by atoms with Gasteiger partial charge in [-0.15, -0.1) is 0 Å². The first kappa shape index (κ1) is 15.5. The van der Waals surface area contributed by atoms with Gasteiger partial charge < -0.3 is 10.2 Å². The number of nitrogens with two attached hydrogens (primary N) is 1. The van der Waals surface area contributed by atoms with Crippen LogP contribution in [0.3, 0.4) is 0 Å². The average Bonchev–Trinajstić information content (AvgIpc) is 2.98. The van der Waals surface area contributed by atoms with Crippen molar-refractivity contribution in [3.05, 3.63) is 23.7 Å². The lowest BCUT2D eigenvalue weighted by Crippen LogP contribution is -2.44. The SMILES string of the molecule is CCN1CCCC1CN(C)C(c1ccc(C)o1)C(C)N. The van der Waals surface area contributed by atoms with Crippen molar-refractivity contribution in [2.45, 2.75) is 51.7 Å². The van der Waals surface area contributed by atoms with Crippen molar-refractivity contribution in [3.8, 4) is 0 Å². The summed E-state index contributed by atoms with van der Waals surface area (Å²) < 4.78 is 5.81. The summed E-state index contributed by atoms with van der Waals surface area (Å²) >= 11 is 0. The van der Waals surface area contributed by atoms with Crippen LogP contribution in [0.4, 0.5) is 0 Å². The smallest absolute Gasteiger partial charge is 0.122 e. The molecule has 1 aliphatic rings. The summed E-state index contributed by atoms with van der Waals surface area (Å²) in [5.41, 5.74) is 6.20. The van der Waals surface area contributed by atoms with Crippen LogP contribution in [-0.2, 0) is 0 Å². The van der Waals surface area contributed by atoms with Gasteiger partial charge in [-0.05, 0) is 59.0 Å². The van der Waals surface area contributed by atoms with Gasteiger partial charge in [0.25, 0.3) is 0 Å². The normalized spacial score (nSPS) is 23.4. The Morgan fingerprint density at radius 1 is 1.50 bits per heavy atom. The third-order valence-corrected chi connectivity index (χ3v) is 4.43. The van der Waals surface area contributed by atoms with E-state index < -0.39 is 0 Å². The fourth-order valence-corrected chi connectivity index (χ4v) is 3.45. The van der Waals surface area contributed by atoms with Crippen molar-refractivity contribution in [1.29, 1.82) is 0 Å². The highest BCUT2D eigenvalue weighted by Gasteiger charge is 2.29. The number of nitrogens with zero attached hydrogens (tertiary/aromatic N) is 2. The molecule has 0 spiro atoms. The van der Waals surface area contributed by atoms with Crippen molar-refractivity contribution in [2.75, 3.05) is 26.7 Å². The minimum atomic E-state index is 0.0574. The molecule has 1 fully saturated rings.